The molecule has 5 rings (SSSR count). The third-order valence-corrected chi connectivity index (χ3v) is 10.6. The maximum atomic E-state index is 14.0. The normalized spacial score (nSPS) is 15.9. The van der Waals surface area contributed by atoms with Crippen LogP contribution in [-0.2, 0) is 15.9 Å². The van der Waals surface area contributed by atoms with Gasteiger partial charge < -0.3 is 19.3 Å². The molecule has 0 atom stereocenters. The highest BCUT2D eigenvalue weighted by atomic mass is 32.1. The van der Waals surface area contributed by atoms with Gasteiger partial charge >= 0.3 is 0 Å². The molecular weight excluding hydrogens is 566 g/mol. The van der Waals surface area contributed by atoms with E-state index in [0.717, 1.165) is 84.3 Å². The molecule has 0 unspecified atom stereocenters. The molecule has 3 heterocycles. The summed E-state index contributed by atoms with van der Waals surface area (Å²) in [6.45, 7) is 8.47. The molecule has 242 valence electrons. The van der Waals surface area contributed by atoms with Gasteiger partial charge in [0.15, 0.2) is 0 Å². The molecule has 7 heteroatoms. The second-order valence-electron chi connectivity index (χ2n) is 12.8. The van der Waals surface area contributed by atoms with Crippen LogP contribution >= 0.6 is 11.3 Å². The first-order chi connectivity index (χ1) is 21.7. The van der Waals surface area contributed by atoms with Gasteiger partial charge in [-0.2, -0.15) is 0 Å². The topological polar surface area (TPSA) is 54.9 Å². The molecule has 0 N–H and O–H groups in total. The zero-order valence-corrected chi connectivity index (χ0v) is 28.1. The summed E-state index contributed by atoms with van der Waals surface area (Å²) in [4.78, 5) is 24.7. The van der Waals surface area contributed by atoms with E-state index in [1.807, 2.05) is 0 Å². The summed E-state index contributed by atoms with van der Waals surface area (Å²) in [6, 6.07) is 8.66. The number of rotatable bonds is 18. The molecule has 0 radical (unpaired) electrons. The number of aryl methyl sites for hydroxylation is 1. The van der Waals surface area contributed by atoms with Crippen LogP contribution in [0.15, 0.2) is 29.1 Å². The van der Waals surface area contributed by atoms with E-state index in [0.29, 0.717) is 13.2 Å². The van der Waals surface area contributed by atoms with Crippen LogP contribution in [0.25, 0.3) is 20.8 Å². The number of aromatic nitrogens is 1. The second-order valence-corrected chi connectivity index (χ2v) is 13.9. The number of anilines is 2. The minimum absolute atomic E-state index is 0.200. The fourth-order valence-corrected chi connectivity index (χ4v) is 7.88. The summed E-state index contributed by atoms with van der Waals surface area (Å²) in [6.07, 6.45) is 21.1. The fourth-order valence-electron chi connectivity index (χ4n) is 6.74. The maximum absolute atomic E-state index is 14.0. The number of hydrogen-bond donors (Lipinski definition) is 0. The van der Waals surface area contributed by atoms with Crippen molar-refractivity contribution >= 4 is 32.9 Å². The molecule has 44 heavy (non-hydrogen) atoms. The van der Waals surface area contributed by atoms with Gasteiger partial charge in [0.1, 0.15) is 5.69 Å². The van der Waals surface area contributed by atoms with Crippen molar-refractivity contribution in [2.75, 3.05) is 62.4 Å². The second kappa shape index (κ2) is 18.1. The molecule has 2 saturated heterocycles. The first-order valence-electron chi connectivity index (χ1n) is 17.8. The molecule has 0 saturated carbocycles. The zero-order valence-electron chi connectivity index (χ0n) is 27.3. The molecule has 6 nitrogen and oxygen atoms in total. The van der Waals surface area contributed by atoms with Crippen molar-refractivity contribution in [2.24, 2.45) is 0 Å². The maximum Gasteiger partial charge on any atom is 0.206 e. The minimum Gasteiger partial charge on any atom is -0.378 e. The van der Waals surface area contributed by atoms with Crippen LogP contribution in [0.3, 0.4) is 0 Å². The van der Waals surface area contributed by atoms with E-state index >= 15 is 0 Å². The van der Waals surface area contributed by atoms with Gasteiger partial charge in [-0.3, -0.25) is 4.79 Å². The minimum atomic E-state index is 0.200. The first kappa shape index (κ1) is 33.2. The zero-order chi connectivity index (χ0) is 30.4. The van der Waals surface area contributed by atoms with Gasteiger partial charge in [0, 0.05) is 37.4 Å². The average molecular weight is 622 g/mol. The lowest BCUT2D eigenvalue weighted by atomic mass is 10.0. The van der Waals surface area contributed by atoms with Gasteiger partial charge in [-0.1, -0.05) is 96.8 Å². The summed E-state index contributed by atoms with van der Waals surface area (Å²) in [7, 11) is 0. The molecule has 0 amide bonds. The lowest BCUT2D eigenvalue weighted by Gasteiger charge is -2.31. The Kier molecular flexibility index (Phi) is 13.6. The van der Waals surface area contributed by atoms with E-state index in [4.69, 9.17) is 14.5 Å². The lowest BCUT2D eigenvalue weighted by Crippen LogP contribution is -2.39. The Bertz CT molecular complexity index is 1300. The number of fused-ring (bicyclic) bond motifs is 2. The quantitative estimate of drug-likeness (QED) is 0.104. The van der Waals surface area contributed by atoms with Crippen molar-refractivity contribution in [1.29, 1.82) is 0 Å². The number of morpholine rings is 2. The Labute approximate surface area is 269 Å². The van der Waals surface area contributed by atoms with E-state index in [-0.39, 0.29) is 5.43 Å². The summed E-state index contributed by atoms with van der Waals surface area (Å²) < 4.78 is 12.3. The fraction of sp³-hybridized carbons (Fsp3) is 0.676. The molecule has 0 spiro atoms. The Morgan fingerprint density at radius 2 is 1.25 bits per heavy atom. The van der Waals surface area contributed by atoms with Crippen molar-refractivity contribution in [3.8, 4) is 10.6 Å². The van der Waals surface area contributed by atoms with Crippen molar-refractivity contribution in [3.63, 3.8) is 0 Å². The van der Waals surface area contributed by atoms with E-state index < -0.39 is 0 Å². The SMILES string of the molecule is CCCCCCCCCCCCCCCCCc1cc2nc3ccc(N4CCOCC4)cc3sc-2c(N2CCOCC2)c1=O. The van der Waals surface area contributed by atoms with Crippen molar-refractivity contribution in [2.45, 2.75) is 110 Å². The standard InChI is InChI=1S/C37H55N3O3S/c1-2-3-4-5-6-7-8-9-10-11-12-13-14-15-16-17-30-28-33-37(35(36(30)41)40-22-26-43-27-23-40)44-34-29-31(18-19-32(34)38-33)39-20-24-42-25-21-39/h18-19,28-29H,2-17,20-27H2,1H3. The Morgan fingerprint density at radius 1 is 0.705 bits per heavy atom. The molecule has 0 aromatic heterocycles. The third-order valence-electron chi connectivity index (χ3n) is 9.41. The van der Waals surface area contributed by atoms with Crippen LogP contribution in [-0.4, -0.2) is 57.6 Å². The summed E-state index contributed by atoms with van der Waals surface area (Å²) in [5.74, 6) is 0. The predicted molar refractivity (Wildman–Crippen MR) is 187 cm³/mol. The smallest absolute Gasteiger partial charge is 0.206 e. The predicted octanol–water partition coefficient (Wildman–Crippen LogP) is 8.85. The van der Waals surface area contributed by atoms with Gasteiger partial charge in [-0.25, -0.2) is 4.98 Å². The number of nitrogens with zero attached hydrogens (tertiary/aromatic N) is 3. The molecule has 1 aliphatic carbocycles. The van der Waals surface area contributed by atoms with Crippen molar-refractivity contribution in [1.82, 2.24) is 4.98 Å². The number of ether oxygens (including phenoxy) is 2. The van der Waals surface area contributed by atoms with Crippen LogP contribution < -0.4 is 15.2 Å². The van der Waals surface area contributed by atoms with Crippen LogP contribution in [0, 0.1) is 0 Å². The van der Waals surface area contributed by atoms with E-state index in [2.05, 4.69) is 41.0 Å². The third kappa shape index (κ3) is 9.40. The highest BCUT2D eigenvalue weighted by molar-refractivity contribution is 7.22. The summed E-state index contributed by atoms with van der Waals surface area (Å²) in [5, 5.41) is 0. The molecule has 3 aliphatic heterocycles. The molecule has 1 aromatic rings. The Balaban J connectivity index is 1.16. The van der Waals surface area contributed by atoms with Gasteiger partial charge in [-0.15, -0.1) is 11.3 Å². The Morgan fingerprint density at radius 3 is 1.84 bits per heavy atom. The number of benzene rings is 2. The van der Waals surface area contributed by atoms with Crippen LogP contribution in [0.4, 0.5) is 11.4 Å². The van der Waals surface area contributed by atoms with E-state index in [1.54, 1.807) is 11.3 Å². The van der Waals surface area contributed by atoms with Crippen LogP contribution in [0.5, 0.6) is 0 Å². The molecule has 1 aromatic carbocycles. The number of hydrogen-bond acceptors (Lipinski definition) is 7. The average Bonchev–Trinajstić information content (AvgIpc) is 3.06. The van der Waals surface area contributed by atoms with E-state index in [1.165, 1.54) is 95.6 Å². The monoisotopic (exact) mass is 621 g/mol. The van der Waals surface area contributed by atoms with Gasteiger partial charge in [-0.05, 0) is 37.1 Å². The van der Waals surface area contributed by atoms with Gasteiger partial charge in [0.2, 0.25) is 5.43 Å². The van der Waals surface area contributed by atoms with Crippen molar-refractivity contribution < 1.29 is 9.47 Å². The highest BCUT2D eigenvalue weighted by Crippen LogP contribution is 2.39. The number of unbranched alkanes of at least 4 members (excludes halogenated alkanes) is 14. The molecule has 2 fully saturated rings. The first-order valence-corrected chi connectivity index (χ1v) is 18.6. The lowest BCUT2D eigenvalue weighted by molar-refractivity contribution is 0.122. The largest absolute Gasteiger partial charge is 0.378 e. The van der Waals surface area contributed by atoms with E-state index in [9.17, 15) is 4.79 Å². The van der Waals surface area contributed by atoms with Crippen LogP contribution in [0.1, 0.15) is 109 Å². The van der Waals surface area contributed by atoms with Crippen molar-refractivity contribution in [3.05, 3.63) is 40.1 Å². The van der Waals surface area contributed by atoms with Crippen LogP contribution in [0.2, 0.25) is 0 Å². The molecule has 4 aliphatic rings. The highest BCUT2D eigenvalue weighted by Gasteiger charge is 2.25. The Hall–Kier alpha value is -2.22. The molecular formula is C37H55N3O3S. The summed E-state index contributed by atoms with van der Waals surface area (Å²) >= 11 is 1.72. The van der Waals surface area contributed by atoms with Gasteiger partial charge in [0.05, 0.1) is 47.2 Å². The molecule has 0 bridgehead atoms. The summed E-state index contributed by atoms with van der Waals surface area (Å²) in [5.41, 5.74) is 5.14. The van der Waals surface area contributed by atoms with Gasteiger partial charge in [0.25, 0.3) is 0 Å².